The molecule has 1 aromatic heterocycles. The Labute approximate surface area is 77.1 Å². The molecule has 0 aliphatic heterocycles. The molecule has 0 spiro atoms. The lowest BCUT2D eigenvalue weighted by Crippen LogP contribution is -1.86. The Bertz CT molecular complexity index is 235. The Balaban J connectivity index is 3.07. The average Bonchev–Trinajstić information content (AvgIpc) is 1.88. The number of hydrogen-bond acceptors (Lipinski definition) is 1. The van der Waals surface area contributed by atoms with E-state index in [4.69, 9.17) is 0 Å². The number of hydrogen-bond donors (Lipinski definition) is 0. The first kappa shape index (κ1) is 8.21. The SMILES string of the molecule is Cc1ccc(CBr)c(Br)n1. The first-order valence-corrected chi connectivity index (χ1v) is 4.83. The van der Waals surface area contributed by atoms with E-state index < -0.39 is 0 Å². The quantitative estimate of drug-likeness (QED) is 0.561. The molecule has 1 aromatic rings. The molecule has 0 saturated carbocycles. The highest BCUT2D eigenvalue weighted by Gasteiger charge is 1.97. The van der Waals surface area contributed by atoms with Gasteiger partial charge in [0, 0.05) is 11.0 Å². The minimum absolute atomic E-state index is 0.848. The van der Waals surface area contributed by atoms with E-state index in [1.54, 1.807) is 0 Å². The predicted molar refractivity (Wildman–Crippen MR) is 49.3 cm³/mol. The van der Waals surface area contributed by atoms with Crippen molar-refractivity contribution >= 4 is 31.9 Å². The van der Waals surface area contributed by atoms with Gasteiger partial charge in [0.05, 0.1) is 0 Å². The van der Waals surface area contributed by atoms with Crippen molar-refractivity contribution in [2.24, 2.45) is 0 Å². The summed E-state index contributed by atoms with van der Waals surface area (Å²) in [5.74, 6) is 0. The van der Waals surface area contributed by atoms with Crippen LogP contribution in [0.1, 0.15) is 11.3 Å². The molecule has 0 saturated heterocycles. The molecular weight excluding hydrogens is 258 g/mol. The Morgan fingerprint density at radius 2 is 2.20 bits per heavy atom. The third-order valence-corrected chi connectivity index (χ3v) is 2.50. The van der Waals surface area contributed by atoms with Crippen LogP contribution in [0, 0.1) is 6.92 Å². The summed E-state index contributed by atoms with van der Waals surface area (Å²) in [6.07, 6.45) is 0. The van der Waals surface area contributed by atoms with E-state index in [9.17, 15) is 0 Å². The summed E-state index contributed by atoms with van der Waals surface area (Å²) in [5.41, 5.74) is 2.22. The summed E-state index contributed by atoms with van der Waals surface area (Å²) in [4.78, 5) is 4.23. The maximum atomic E-state index is 4.23. The molecule has 0 N–H and O–H groups in total. The van der Waals surface area contributed by atoms with Crippen molar-refractivity contribution in [3.8, 4) is 0 Å². The van der Waals surface area contributed by atoms with Gasteiger partial charge in [0.1, 0.15) is 4.60 Å². The summed E-state index contributed by atoms with van der Waals surface area (Å²) >= 11 is 6.73. The molecule has 1 nitrogen and oxygen atoms in total. The Morgan fingerprint density at radius 3 is 2.70 bits per heavy atom. The van der Waals surface area contributed by atoms with Crippen LogP contribution in [0.2, 0.25) is 0 Å². The van der Waals surface area contributed by atoms with Crippen molar-refractivity contribution < 1.29 is 0 Å². The second kappa shape index (κ2) is 3.49. The minimum Gasteiger partial charge on any atom is -0.246 e. The van der Waals surface area contributed by atoms with Crippen LogP contribution in [0.15, 0.2) is 16.7 Å². The van der Waals surface area contributed by atoms with Crippen LogP contribution in [0.3, 0.4) is 0 Å². The zero-order valence-corrected chi connectivity index (χ0v) is 8.74. The molecule has 0 atom stereocenters. The van der Waals surface area contributed by atoms with Crippen LogP contribution in [0.25, 0.3) is 0 Å². The molecule has 10 heavy (non-hydrogen) atoms. The summed E-state index contributed by atoms with van der Waals surface area (Å²) in [6.45, 7) is 1.97. The maximum absolute atomic E-state index is 4.23. The maximum Gasteiger partial charge on any atom is 0.110 e. The van der Waals surface area contributed by atoms with E-state index >= 15 is 0 Å². The number of pyridine rings is 1. The average molecular weight is 265 g/mol. The smallest absolute Gasteiger partial charge is 0.110 e. The van der Waals surface area contributed by atoms with E-state index in [2.05, 4.69) is 42.9 Å². The van der Waals surface area contributed by atoms with Crippen LogP contribution >= 0.6 is 31.9 Å². The van der Waals surface area contributed by atoms with Gasteiger partial charge >= 0.3 is 0 Å². The van der Waals surface area contributed by atoms with Gasteiger partial charge in [-0.05, 0) is 34.5 Å². The standard InChI is InChI=1S/C7H7Br2N/c1-5-2-3-6(4-8)7(9)10-5/h2-3H,4H2,1H3. The highest BCUT2D eigenvalue weighted by Crippen LogP contribution is 2.16. The van der Waals surface area contributed by atoms with Gasteiger partial charge in [-0.15, -0.1) is 0 Å². The Hall–Kier alpha value is 0.110. The first-order chi connectivity index (χ1) is 4.74. The van der Waals surface area contributed by atoms with Crippen LogP contribution in [-0.2, 0) is 5.33 Å². The topological polar surface area (TPSA) is 12.9 Å². The number of aromatic nitrogens is 1. The van der Waals surface area contributed by atoms with Crippen molar-refractivity contribution in [2.45, 2.75) is 12.3 Å². The summed E-state index contributed by atoms with van der Waals surface area (Å²) < 4.78 is 0.935. The molecule has 0 aliphatic carbocycles. The zero-order chi connectivity index (χ0) is 7.56. The van der Waals surface area contributed by atoms with E-state index in [0.29, 0.717) is 0 Å². The van der Waals surface area contributed by atoms with Crippen LogP contribution in [0.4, 0.5) is 0 Å². The highest BCUT2D eigenvalue weighted by atomic mass is 79.9. The number of halogens is 2. The van der Waals surface area contributed by atoms with Crippen LogP contribution in [-0.4, -0.2) is 4.98 Å². The zero-order valence-electron chi connectivity index (χ0n) is 5.56. The molecule has 0 unspecified atom stereocenters. The largest absolute Gasteiger partial charge is 0.246 e. The molecule has 0 aliphatic rings. The number of nitrogens with zero attached hydrogens (tertiary/aromatic N) is 1. The van der Waals surface area contributed by atoms with E-state index in [1.807, 2.05) is 13.0 Å². The van der Waals surface area contributed by atoms with Gasteiger partial charge in [0.15, 0.2) is 0 Å². The summed E-state index contributed by atoms with van der Waals surface area (Å²) in [6, 6.07) is 4.06. The molecule has 0 aromatic carbocycles. The lowest BCUT2D eigenvalue weighted by Gasteiger charge is -1.98. The predicted octanol–water partition coefficient (Wildman–Crippen LogP) is 3.05. The van der Waals surface area contributed by atoms with Crippen molar-refractivity contribution in [1.29, 1.82) is 0 Å². The fourth-order valence-corrected chi connectivity index (χ4v) is 2.03. The molecule has 0 radical (unpaired) electrons. The fourth-order valence-electron chi connectivity index (χ4n) is 0.654. The second-order valence-corrected chi connectivity index (χ2v) is 3.35. The summed E-state index contributed by atoms with van der Waals surface area (Å²) in [7, 11) is 0. The van der Waals surface area contributed by atoms with Gasteiger partial charge in [-0.1, -0.05) is 22.0 Å². The molecular formula is C7H7Br2N. The van der Waals surface area contributed by atoms with Crippen molar-refractivity contribution in [3.05, 3.63) is 28.0 Å². The molecule has 0 bridgehead atoms. The van der Waals surface area contributed by atoms with Crippen molar-refractivity contribution in [3.63, 3.8) is 0 Å². The number of aryl methyl sites for hydroxylation is 1. The Morgan fingerprint density at radius 1 is 1.50 bits per heavy atom. The van der Waals surface area contributed by atoms with Crippen LogP contribution in [0.5, 0.6) is 0 Å². The molecule has 0 fully saturated rings. The fraction of sp³-hybridized carbons (Fsp3) is 0.286. The monoisotopic (exact) mass is 263 g/mol. The van der Waals surface area contributed by atoms with E-state index in [-0.39, 0.29) is 0 Å². The lowest BCUT2D eigenvalue weighted by atomic mass is 10.3. The number of alkyl halides is 1. The molecule has 1 heterocycles. The first-order valence-electron chi connectivity index (χ1n) is 2.92. The number of rotatable bonds is 1. The highest BCUT2D eigenvalue weighted by molar-refractivity contribution is 9.10. The Kier molecular flexibility index (Phi) is 2.86. The van der Waals surface area contributed by atoms with E-state index in [0.717, 1.165) is 15.6 Å². The third-order valence-electron chi connectivity index (χ3n) is 1.21. The molecule has 3 heteroatoms. The normalized spacial score (nSPS) is 9.90. The van der Waals surface area contributed by atoms with Crippen molar-refractivity contribution in [2.75, 3.05) is 0 Å². The van der Waals surface area contributed by atoms with Crippen molar-refractivity contribution in [1.82, 2.24) is 4.98 Å². The van der Waals surface area contributed by atoms with Gasteiger partial charge < -0.3 is 0 Å². The molecule has 1 rings (SSSR count). The molecule has 54 valence electrons. The van der Waals surface area contributed by atoms with Gasteiger partial charge in [-0.2, -0.15) is 0 Å². The summed E-state index contributed by atoms with van der Waals surface area (Å²) in [5, 5.41) is 0.848. The second-order valence-electron chi connectivity index (χ2n) is 2.04. The van der Waals surface area contributed by atoms with Gasteiger partial charge in [0.25, 0.3) is 0 Å². The minimum atomic E-state index is 0.848. The van der Waals surface area contributed by atoms with E-state index in [1.165, 1.54) is 5.56 Å². The van der Waals surface area contributed by atoms with Crippen LogP contribution < -0.4 is 0 Å². The van der Waals surface area contributed by atoms with Gasteiger partial charge in [-0.3, -0.25) is 0 Å². The third kappa shape index (κ3) is 1.80. The van der Waals surface area contributed by atoms with Gasteiger partial charge in [-0.25, -0.2) is 4.98 Å². The van der Waals surface area contributed by atoms with Gasteiger partial charge in [0.2, 0.25) is 0 Å². The lowest BCUT2D eigenvalue weighted by molar-refractivity contribution is 1.13. The molecule has 0 amide bonds.